The molecule has 5 heterocycles. The number of aromatic nitrogens is 7. The number of hydrogen-bond donors (Lipinski definition) is 1. The number of sulfonamides is 1. The average molecular weight is 594 g/mol. The van der Waals surface area contributed by atoms with Crippen molar-refractivity contribution in [1.82, 2.24) is 34.7 Å². The van der Waals surface area contributed by atoms with E-state index < -0.39 is 33.3 Å². The zero-order valence-electron chi connectivity index (χ0n) is 23.1. The number of piperidine rings is 1. The van der Waals surface area contributed by atoms with E-state index in [-0.39, 0.29) is 48.4 Å². The second-order valence-electron chi connectivity index (χ2n) is 9.88. The number of methoxy groups -OCH3 is 2. The van der Waals surface area contributed by atoms with E-state index >= 15 is 0 Å². The highest BCUT2D eigenvalue weighted by Gasteiger charge is 2.39. The van der Waals surface area contributed by atoms with Gasteiger partial charge in [-0.1, -0.05) is 0 Å². The molecule has 3 atom stereocenters. The Hall–Kier alpha value is -3.70. The van der Waals surface area contributed by atoms with Gasteiger partial charge in [-0.3, -0.25) is 9.29 Å². The number of anilines is 2. The Morgan fingerprint density at radius 1 is 1.07 bits per heavy atom. The maximum absolute atomic E-state index is 13.9. The Balaban J connectivity index is 1.52. The predicted octanol–water partition coefficient (Wildman–Crippen LogP) is 1.67. The molecular weight excluding hydrogens is 561 g/mol. The third-order valence-corrected chi connectivity index (χ3v) is 8.36. The van der Waals surface area contributed by atoms with Gasteiger partial charge in [-0.05, 0) is 33.1 Å². The van der Waals surface area contributed by atoms with Gasteiger partial charge in [0.25, 0.3) is 0 Å². The van der Waals surface area contributed by atoms with E-state index in [2.05, 4.69) is 34.9 Å². The molecule has 0 unspecified atom stereocenters. The lowest BCUT2D eigenvalue weighted by atomic mass is 10.1. The van der Waals surface area contributed by atoms with Crippen LogP contribution < -0.4 is 19.1 Å². The van der Waals surface area contributed by atoms with E-state index in [1.807, 2.05) is 13.8 Å². The highest BCUT2D eigenvalue weighted by atomic mass is 32.2. The molecule has 0 spiro atoms. The van der Waals surface area contributed by atoms with Gasteiger partial charge >= 0.3 is 0 Å². The van der Waals surface area contributed by atoms with E-state index in [0.29, 0.717) is 25.4 Å². The van der Waals surface area contributed by atoms with Crippen molar-refractivity contribution in [3.05, 3.63) is 30.4 Å². The van der Waals surface area contributed by atoms with Crippen LogP contribution in [0.1, 0.15) is 45.0 Å². The standard InChI is InChI=1S/C24H32FN9O6S/c1-14(2)40-16-8-17(12-33(11-16)23-26-9-15(25)10-27-23)41(35,36)32-24-31-30-20(18-6-5-7-39-18)34(24)19-21(37-3)28-13-29-22(19)38-4/h9-10,13-14,16-18H,5-8,11-12H2,1-4H3,(H,31,32)/t16-,17-,18-/m0/s1. The Morgan fingerprint density at radius 2 is 1.78 bits per heavy atom. The molecule has 0 aliphatic carbocycles. The lowest BCUT2D eigenvalue weighted by Gasteiger charge is -2.37. The van der Waals surface area contributed by atoms with Crippen molar-refractivity contribution in [2.45, 2.75) is 56.7 Å². The third kappa shape index (κ3) is 6.15. The second-order valence-corrected chi connectivity index (χ2v) is 11.8. The zero-order valence-corrected chi connectivity index (χ0v) is 23.9. The van der Waals surface area contributed by atoms with Gasteiger partial charge in [0, 0.05) is 19.7 Å². The molecule has 17 heteroatoms. The van der Waals surface area contributed by atoms with Gasteiger partial charge in [-0.15, -0.1) is 10.2 Å². The molecule has 2 aliphatic rings. The van der Waals surface area contributed by atoms with Gasteiger partial charge in [-0.2, -0.15) is 9.97 Å². The van der Waals surface area contributed by atoms with Crippen LogP contribution in [0.3, 0.4) is 0 Å². The molecule has 0 saturated carbocycles. The van der Waals surface area contributed by atoms with Gasteiger partial charge in [0.2, 0.25) is 33.7 Å². The number of rotatable bonds is 10. The van der Waals surface area contributed by atoms with E-state index in [9.17, 15) is 12.8 Å². The molecule has 1 N–H and O–H groups in total. The second kappa shape index (κ2) is 12.0. The van der Waals surface area contributed by atoms with Gasteiger partial charge < -0.3 is 23.8 Å². The molecule has 222 valence electrons. The summed E-state index contributed by atoms with van der Waals surface area (Å²) >= 11 is 0. The minimum Gasteiger partial charge on any atom is -0.479 e. The van der Waals surface area contributed by atoms with Gasteiger partial charge in [0.15, 0.2) is 17.3 Å². The number of nitrogens with zero attached hydrogens (tertiary/aromatic N) is 8. The summed E-state index contributed by atoms with van der Waals surface area (Å²) < 4.78 is 68.2. The first-order valence-corrected chi connectivity index (χ1v) is 14.6. The highest BCUT2D eigenvalue weighted by molar-refractivity contribution is 7.93. The van der Waals surface area contributed by atoms with Crippen molar-refractivity contribution in [1.29, 1.82) is 0 Å². The molecule has 15 nitrogen and oxygen atoms in total. The first kappa shape index (κ1) is 28.8. The SMILES string of the molecule is COc1ncnc(OC)c1-n1c(NS(=O)(=O)[C@H]2C[C@H](OC(C)C)CN(c3ncc(F)cn3)C2)nnc1[C@@H]1CCCO1. The van der Waals surface area contributed by atoms with E-state index in [4.69, 9.17) is 18.9 Å². The molecule has 0 radical (unpaired) electrons. The summed E-state index contributed by atoms with van der Waals surface area (Å²) in [7, 11) is -1.27. The van der Waals surface area contributed by atoms with Crippen molar-refractivity contribution in [3.63, 3.8) is 0 Å². The molecular formula is C24H32FN9O6S. The van der Waals surface area contributed by atoms with Crippen LogP contribution in [0.15, 0.2) is 18.7 Å². The molecule has 0 amide bonds. The molecule has 3 aromatic heterocycles. The molecule has 0 aromatic carbocycles. The molecule has 41 heavy (non-hydrogen) atoms. The van der Waals surface area contributed by atoms with Crippen LogP contribution in [-0.2, 0) is 19.5 Å². The average Bonchev–Trinajstić information content (AvgIpc) is 3.62. The summed E-state index contributed by atoms with van der Waals surface area (Å²) in [5.41, 5.74) is 0.219. The van der Waals surface area contributed by atoms with E-state index in [0.717, 1.165) is 18.8 Å². The van der Waals surface area contributed by atoms with Crippen molar-refractivity contribution in [2.75, 3.05) is 43.5 Å². The fourth-order valence-electron chi connectivity index (χ4n) is 4.97. The molecule has 2 saturated heterocycles. The summed E-state index contributed by atoms with van der Waals surface area (Å²) in [6, 6.07) is 0. The van der Waals surface area contributed by atoms with Crippen molar-refractivity contribution in [3.8, 4) is 17.4 Å². The number of nitrogens with one attached hydrogen (secondary N) is 1. The van der Waals surface area contributed by atoms with Gasteiger partial charge in [-0.25, -0.2) is 22.8 Å². The fraction of sp³-hybridized carbons (Fsp3) is 0.583. The summed E-state index contributed by atoms with van der Waals surface area (Å²) in [5, 5.41) is 7.50. The Kier molecular flexibility index (Phi) is 8.46. The maximum atomic E-state index is 13.9. The largest absolute Gasteiger partial charge is 0.479 e. The molecule has 5 rings (SSSR count). The topological polar surface area (TPSA) is 169 Å². The van der Waals surface area contributed by atoms with Crippen LogP contribution in [0.2, 0.25) is 0 Å². The Labute approximate surface area is 236 Å². The number of hydrogen-bond acceptors (Lipinski definition) is 13. The number of ether oxygens (including phenoxy) is 4. The molecule has 2 fully saturated rings. The highest BCUT2D eigenvalue weighted by Crippen LogP contribution is 2.37. The maximum Gasteiger partial charge on any atom is 0.245 e. The monoisotopic (exact) mass is 593 g/mol. The van der Waals surface area contributed by atoms with E-state index in [1.54, 1.807) is 4.90 Å². The lowest BCUT2D eigenvalue weighted by Crippen LogP contribution is -2.51. The fourth-order valence-corrected chi connectivity index (χ4v) is 6.37. The van der Waals surface area contributed by atoms with E-state index in [1.165, 1.54) is 25.1 Å². The van der Waals surface area contributed by atoms with Crippen LogP contribution >= 0.6 is 0 Å². The van der Waals surface area contributed by atoms with Gasteiger partial charge in [0.1, 0.15) is 17.7 Å². The van der Waals surface area contributed by atoms with Crippen LogP contribution in [0.4, 0.5) is 16.3 Å². The van der Waals surface area contributed by atoms with Gasteiger partial charge in [0.05, 0.1) is 38.8 Å². The summed E-state index contributed by atoms with van der Waals surface area (Å²) in [4.78, 5) is 18.1. The lowest BCUT2D eigenvalue weighted by molar-refractivity contribution is 0.00147. The Bertz CT molecular complexity index is 1430. The number of halogens is 1. The molecule has 3 aromatic rings. The molecule has 2 aliphatic heterocycles. The van der Waals surface area contributed by atoms with Crippen molar-refractivity contribution >= 4 is 21.9 Å². The Morgan fingerprint density at radius 3 is 2.39 bits per heavy atom. The summed E-state index contributed by atoms with van der Waals surface area (Å²) in [6.45, 7) is 4.64. The third-order valence-electron chi connectivity index (χ3n) is 6.67. The minimum atomic E-state index is -4.12. The van der Waals surface area contributed by atoms with Crippen LogP contribution in [-0.4, -0.2) is 94.5 Å². The predicted molar refractivity (Wildman–Crippen MR) is 143 cm³/mol. The van der Waals surface area contributed by atoms with Crippen LogP contribution in [0.5, 0.6) is 11.8 Å². The summed E-state index contributed by atoms with van der Waals surface area (Å²) in [6.07, 6.45) is 3.94. The zero-order chi connectivity index (χ0) is 29.1. The minimum absolute atomic E-state index is 0.0345. The molecule has 0 bridgehead atoms. The van der Waals surface area contributed by atoms with Crippen LogP contribution in [0.25, 0.3) is 5.69 Å². The summed E-state index contributed by atoms with van der Waals surface area (Å²) in [5.74, 6) is 0.0844. The smallest absolute Gasteiger partial charge is 0.245 e. The van der Waals surface area contributed by atoms with Crippen LogP contribution in [0, 0.1) is 5.82 Å². The first-order chi connectivity index (χ1) is 19.7. The first-order valence-electron chi connectivity index (χ1n) is 13.1. The normalized spacial score (nSPS) is 21.3. The quantitative estimate of drug-likeness (QED) is 0.361. The van der Waals surface area contributed by atoms with Crippen molar-refractivity contribution in [2.24, 2.45) is 0 Å². The van der Waals surface area contributed by atoms with Crippen molar-refractivity contribution < 1.29 is 31.8 Å².